The van der Waals surface area contributed by atoms with E-state index in [2.05, 4.69) is 68.3 Å². The molecule has 3 heterocycles. The number of amides is 1. The Morgan fingerprint density at radius 1 is 0.941 bits per heavy atom. The van der Waals surface area contributed by atoms with Crippen LogP contribution >= 0.6 is 0 Å². The zero-order valence-corrected chi connectivity index (χ0v) is 19.4. The number of aromatic nitrogens is 2. The molecule has 5 rings (SSSR count). The van der Waals surface area contributed by atoms with Gasteiger partial charge in [-0.25, -0.2) is 9.97 Å². The second kappa shape index (κ2) is 9.57. The van der Waals surface area contributed by atoms with Crippen molar-refractivity contribution in [2.75, 3.05) is 74.5 Å². The topological polar surface area (TPSA) is 67.8 Å². The predicted octanol–water partition coefficient (Wildman–Crippen LogP) is 2.41. The van der Waals surface area contributed by atoms with Crippen LogP contribution in [-0.2, 0) is 4.79 Å². The molecule has 0 aliphatic carbocycles. The summed E-state index contributed by atoms with van der Waals surface area (Å²) in [4.78, 5) is 29.9. The lowest BCUT2D eigenvalue weighted by atomic mass is 10.2. The lowest BCUT2D eigenvalue weighted by molar-refractivity contribution is -0.125. The molecule has 2 aliphatic heterocycles. The molecule has 0 saturated carbocycles. The van der Waals surface area contributed by atoms with Gasteiger partial charge >= 0.3 is 0 Å². The second-order valence-electron chi connectivity index (χ2n) is 8.79. The molecule has 0 bridgehead atoms. The highest BCUT2D eigenvalue weighted by Gasteiger charge is 2.22. The van der Waals surface area contributed by atoms with Crippen LogP contribution in [0.4, 0.5) is 23.0 Å². The summed E-state index contributed by atoms with van der Waals surface area (Å²) in [6.07, 6.45) is 7.12. The number of fused-ring (bicyclic) bond motifs is 1. The highest BCUT2D eigenvalue weighted by atomic mass is 16.2. The van der Waals surface area contributed by atoms with Crippen molar-refractivity contribution >= 4 is 39.8 Å². The van der Waals surface area contributed by atoms with Crippen molar-refractivity contribution in [2.24, 2.45) is 0 Å². The number of hydrogen-bond acceptors (Lipinski definition) is 7. The van der Waals surface area contributed by atoms with Crippen molar-refractivity contribution < 1.29 is 4.79 Å². The van der Waals surface area contributed by atoms with Crippen molar-refractivity contribution in [3.05, 3.63) is 48.7 Å². The number of rotatable bonds is 4. The van der Waals surface area contributed by atoms with Crippen LogP contribution in [0.3, 0.4) is 0 Å². The number of hydrogen-bond donors (Lipinski definition) is 1. The number of anilines is 4. The first-order valence-corrected chi connectivity index (χ1v) is 11.7. The smallest absolute Gasteiger partial charge is 0.298 e. The molecule has 1 N–H and O–H groups in total. The summed E-state index contributed by atoms with van der Waals surface area (Å²) in [5.41, 5.74) is 4.13. The Morgan fingerprint density at radius 2 is 1.65 bits per heavy atom. The summed E-state index contributed by atoms with van der Waals surface area (Å²) in [6.45, 7) is 6.91. The van der Waals surface area contributed by atoms with E-state index >= 15 is 0 Å². The molecule has 3 aromatic rings. The minimum atomic E-state index is -0.245. The SMILES string of the molecule is C#CC(=O)N1CCN(c2cccc3cnc(Nc4ccc(N5CCN(C)CC5)cc4)nc23)CC1. The Morgan fingerprint density at radius 3 is 2.35 bits per heavy atom. The van der Waals surface area contributed by atoms with E-state index in [1.54, 1.807) is 4.90 Å². The van der Waals surface area contributed by atoms with E-state index < -0.39 is 0 Å². The molecule has 0 unspecified atom stereocenters. The van der Waals surface area contributed by atoms with Gasteiger partial charge in [0.2, 0.25) is 5.95 Å². The maximum atomic E-state index is 11.8. The fourth-order valence-electron chi connectivity index (χ4n) is 4.55. The van der Waals surface area contributed by atoms with Crippen LogP contribution in [-0.4, -0.2) is 85.1 Å². The summed E-state index contributed by atoms with van der Waals surface area (Å²) in [5.74, 6) is 2.53. The molecule has 2 fully saturated rings. The fraction of sp³-hybridized carbons (Fsp3) is 0.346. The standard InChI is InChI=1S/C26H29N7O/c1-3-24(34)33-17-15-32(16-18-33)23-6-4-5-20-19-27-26(29-25(20)23)28-21-7-9-22(10-8-21)31-13-11-30(2)12-14-31/h1,4-10,19H,11-18H2,2H3,(H,27,28,29). The first-order chi connectivity index (χ1) is 16.6. The summed E-state index contributed by atoms with van der Waals surface area (Å²) in [7, 11) is 2.17. The van der Waals surface area contributed by atoms with Gasteiger partial charge in [0.1, 0.15) is 0 Å². The van der Waals surface area contributed by atoms with E-state index in [-0.39, 0.29) is 5.91 Å². The van der Waals surface area contributed by atoms with Gasteiger partial charge in [0.05, 0.1) is 11.2 Å². The Bertz CT molecular complexity index is 1200. The maximum absolute atomic E-state index is 11.8. The van der Waals surface area contributed by atoms with Crippen LogP contribution in [0.2, 0.25) is 0 Å². The van der Waals surface area contributed by atoms with Gasteiger partial charge in [0, 0.05) is 75.3 Å². The third-order valence-electron chi connectivity index (χ3n) is 6.61. The summed E-state index contributed by atoms with van der Waals surface area (Å²) < 4.78 is 0. The van der Waals surface area contributed by atoms with Crippen LogP contribution in [0.15, 0.2) is 48.7 Å². The Kier molecular flexibility index (Phi) is 6.19. The second-order valence-corrected chi connectivity index (χ2v) is 8.79. The molecule has 34 heavy (non-hydrogen) atoms. The Hall–Kier alpha value is -3.83. The van der Waals surface area contributed by atoms with Gasteiger partial charge in [-0.1, -0.05) is 12.1 Å². The van der Waals surface area contributed by atoms with Gasteiger partial charge in [-0.2, -0.15) is 0 Å². The molecule has 0 atom stereocenters. The van der Waals surface area contributed by atoms with E-state index in [0.29, 0.717) is 32.1 Å². The first kappa shape index (κ1) is 22.0. The van der Waals surface area contributed by atoms with E-state index in [1.807, 2.05) is 18.3 Å². The molecule has 174 valence electrons. The molecule has 2 saturated heterocycles. The minimum absolute atomic E-state index is 0.245. The number of benzene rings is 2. The summed E-state index contributed by atoms with van der Waals surface area (Å²) in [5, 5.41) is 4.33. The van der Waals surface area contributed by atoms with Crippen molar-refractivity contribution in [1.82, 2.24) is 19.8 Å². The highest BCUT2D eigenvalue weighted by molar-refractivity contribution is 5.94. The lowest BCUT2D eigenvalue weighted by Crippen LogP contribution is -2.48. The third-order valence-corrected chi connectivity index (χ3v) is 6.61. The molecule has 1 amide bonds. The number of carbonyl (C=O) groups excluding carboxylic acids is 1. The zero-order valence-electron chi connectivity index (χ0n) is 19.4. The van der Waals surface area contributed by atoms with Crippen molar-refractivity contribution in [1.29, 1.82) is 0 Å². The average molecular weight is 456 g/mol. The molecule has 0 radical (unpaired) electrons. The molecule has 2 aliphatic rings. The number of nitrogens with zero attached hydrogens (tertiary/aromatic N) is 6. The Balaban J connectivity index is 1.31. The van der Waals surface area contributed by atoms with Crippen molar-refractivity contribution in [2.45, 2.75) is 0 Å². The zero-order chi connectivity index (χ0) is 23.5. The largest absolute Gasteiger partial charge is 0.369 e. The minimum Gasteiger partial charge on any atom is -0.369 e. The number of para-hydroxylation sites is 1. The third kappa shape index (κ3) is 4.61. The summed E-state index contributed by atoms with van der Waals surface area (Å²) in [6, 6.07) is 14.6. The van der Waals surface area contributed by atoms with Crippen LogP contribution in [0.1, 0.15) is 0 Å². The molecule has 1 aromatic heterocycles. The van der Waals surface area contributed by atoms with Crippen molar-refractivity contribution in [3.63, 3.8) is 0 Å². The molecule has 8 heteroatoms. The monoisotopic (exact) mass is 455 g/mol. The normalized spacial score (nSPS) is 17.0. The molecular weight excluding hydrogens is 426 g/mol. The summed E-state index contributed by atoms with van der Waals surface area (Å²) >= 11 is 0. The van der Waals surface area contributed by atoms with Gasteiger partial charge in [-0.3, -0.25) is 4.79 Å². The molecule has 8 nitrogen and oxygen atoms in total. The van der Waals surface area contributed by atoms with Gasteiger partial charge in [-0.05, 0) is 43.3 Å². The van der Waals surface area contributed by atoms with E-state index in [9.17, 15) is 4.79 Å². The molecule has 2 aromatic carbocycles. The molecular formula is C26H29N7O. The van der Waals surface area contributed by atoms with Crippen LogP contribution in [0.25, 0.3) is 10.9 Å². The number of likely N-dealkylation sites (N-methyl/N-ethyl adjacent to an activating group) is 1. The maximum Gasteiger partial charge on any atom is 0.298 e. The average Bonchev–Trinajstić information content (AvgIpc) is 2.89. The van der Waals surface area contributed by atoms with Gasteiger partial charge < -0.3 is 24.9 Å². The van der Waals surface area contributed by atoms with E-state index in [1.165, 1.54) is 5.69 Å². The predicted molar refractivity (Wildman–Crippen MR) is 137 cm³/mol. The van der Waals surface area contributed by atoms with Crippen LogP contribution in [0.5, 0.6) is 0 Å². The van der Waals surface area contributed by atoms with Gasteiger partial charge in [-0.15, -0.1) is 6.42 Å². The number of nitrogens with one attached hydrogen (secondary N) is 1. The highest BCUT2D eigenvalue weighted by Crippen LogP contribution is 2.28. The van der Waals surface area contributed by atoms with Crippen LogP contribution in [0, 0.1) is 12.3 Å². The first-order valence-electron chi connectivity index (χ1n) is 11.7. The quantitative estimate of drug-likeness (QED) is 0.606. The van der Waals surface area contributed by atoms with E-state index in [4.69, 9.17) is 11.4 Å². The Labute approximate surface area is 200 Å². The lowest BCUT2D eigenvalue weighted by Gasteiger charge is -2.35. The molecule has 0 spiro atoms. The van der Waals surface area contributed by atoms with Crippen molar-refractivity contribution in [3.8, 4) is 12.3 Å². The van der Waals surface area contributed by atoms with Gasteiger partial charge in [0.15, 0.2) is 0 Å². The van der Waals surface area contributed by atoms with E-state index in [0.717, 1.165) is 48.5 Å². The number of piperazine rings is 2. The number of carbonyl (C=O) groups is 1. The fourth-order valence-corrected chi connectivity index (χ4v) is 4.55. The number of terminal acetylenes is 1. The van der Waals surface area contributed by atoms with Gasteiger partial charge in [0.25, 0.3) is 5.91 Å². The van der Waals surface area contributed by atoms with Crippen LogP contribution < -0.4 is 15.1 Å².